The number of rotatable bonds is 5. The second kappa shape index (κ2) is 7.72. The Kier molecular flexibility index (Phi) is 4.75. The molecule has 0 unspecified atom stereocenters. The molecule has 1 atom stereocenters. The first-order chi connectivity index (χ1) is 15.1. The first-order valence-electron chi connectivity index (χ1n) is 10.3. The molecular weight excluding hydrogens is 386 g/mol. The number of hydrogen-bond donors (Lipinski definition) is 2. The molecule has 5 rings (SSSR count). The molecule has 0 aliphatic carbocycles. The van der Waals surface area contributed by atoms with Crippen molar-refractivity contribution in [3.8, 4) is 22.5 Å². The lowest BCUT2D eigenvalue weighted by molar-refractivity contribution is 0.613. The molecule has 3 aromatic heterocycles. The molecule has 0 aliphatic heterocycles. The van der Waals surface area contributed by atoms with E-state index >= 15 is 0 Å². The molecule has 0 saturated carbocycles. The van der Waals surface area contributed by atoms with Gasteiger partial charge in [-0.15, -0.1) is 0 Å². The number of aryl methyl sites for hydroxylation is 2. The maximum absolute atomic E-state index is 5.57. The van der Waals surface area contributed by atoms with Crippen LogP contribution >= 0.6 is 0 Å². The topological polar surface area (TPSA) is 79.6 Å². The predicted molar refractivity (Wildman–Crippen MR) is 123 cm³/mol. The van der Waals surface area contributed by atoms with E-state index in [0.717, 1.165) is 56.3 Å². The van der Waals surface area contributed by atoms with Gasteiger partial charge in [0.15, 0.2) is 0 Å². The highest BCUT2D eigenvalue weighted by Gasteiger charge is 2.12. The largest absolute Gasteiger partial charge is 0.464 e. The fraction of sp³-hybridized carbons (Fsp3) is 0.160. The second-order valence-corrected chi connectivity index (χ2v) is 7.77. The number of fused-ring (bicyclic) bond motifs is 1. The van der Waals surface area contributed by atoms with Crippen molar-refractivity contribution in [2.24, 2.45) is 0 Å². The molecule has 2 aromatic carbocycles. The summed E-state index contributed by atoms with van der Waals surface area (Å²) in [6.07, 6.45) is 3.61. The molecule has 0 fully saturated rings. The van der Waals surface area contributed by atoms with Gasteiger partial charge >= 0.3 is 0 Å². The Morgan fingerprint density at radius 1 is 0.935 bits per heavy atom. The molecule has 6 heteroatoms. The standard InChI is InChI=1S/C25H23N5O/c1-15-14-31-24-8-7-20(12-21(15)24)23-13-25(29-17(3)28-23)27-16(2)18-5-4-6-19(11-18)22-9-10-26-30-22/h4-14,16H,1-3H3,(H,26,30)(H,27,28,29)/t16-/m0/s1. The smallest absolute Gasteiger partial charge is 0.134 e. The van der Waals surface area contributed by atoms with Gasteiger partial charge in [-0.2, -0.15) is 5.10 Å². The molecule has 3 heterocycles. The molecule has 0 spiro atoms. The minimum absolute atomic E-state index is 0.0691. The Hall–Kier alpha value is -3.93. The molecule has 5 aromatic rings. The Bertz CT molecular complexity index is 1350. The number of aromatic nitrogens is 4. The molecule has 6 nitrogen and oxygen atoms in total. The third-order valence-electron chi connectivity index (χ3n) is 5.45. The quantitative estimate of drug-likeness (QED) is 0.368. The third-order valence-corrected chi connectivity index (χ3v) is 5.45. The number of H-pyrrole nitrogens is 1. The van der Waals surface area contributed by atoms with Gasteiger partial charge in [0, 0.05) is 34.8 Å². The lowest BCUT2D eigenvalue weighted by Gasteiger charge is -2.17. The van der Waals surface area contributed by atoms with Crippen molar-refractivity contribution in [3.05, 3.63) is 84.0 Å². The summed E-state index contributed by atoms with van der Waals surface area (Å²) in [4.78, 5) is 9.27. The van der Waals surface area contributed by atoms with E-state index in [1.54, 1.807) is 6.26 Å². The summed E-state index contributed by atoms with van der Waals surface area (Å²) in [5.74, 6) is 1.52. The van der Waals surface area contributed by atoms with Gasteiger partial charge in [0.05, 0.1) is 17.7 Å². The van der Waals surface area contributed by atoms with E-state index in [-0.39, 0.29) is 6.04 Å². The van der Waals surface area contributed by atoms with Gasteiger partial charge in [0.2, 0.25) is 0 Å². The molecule has 0 radical (unpaired) electrons. The molecule has 31 heavy (non-hydrogen) atoms. The van der Waals surface area contributed by atoms with E-state index in [2.05, 4.69) is 62.7 Å². The van der Waals surface area contributed by atoms with Crippen LogP contribution in [-0.2, 0) is 0 Å². The summed E-state index contributed by atoms with van der Waals surface area (Å²) < 4.78 is 5.57. The van der Waals surface area contributed by atoms with E-state index in [9.17, 15) is 0 Å². The maximum Gasteiger partial charge on any atom is 0.134 e. The number of aromatic amines is 1. The molecular formula is C25H23N5O. The first-order valence-corrected chi connectivity index (χ1v) is 10.3. The zero-order chi connectivity index (χ0) is 21.4. The SMILES string of the molecule is Cc1nc(N[C@@H](C)c2cccc(-c3cc[nH]n3)c2)cc(-c2ccc3occ(C)c3c2)n1. The molecule has 0 saturated heterocycles. The zero-order valence-electron chi connectivity index (χ0n) is 17.7. The maximum atomic E-state index is 5.57. The Balaban J connectivity index is 1.44. The molecule has 0 bridgehead atoms. The first kappa shape index (κ1) is 19.1. The Morgan fingerprint density at radius 2 is 1.81 bits per heavy atom. The van der Waals surface area contributed by atoms with Gasteiger partial charge in [-0.1, -0.05) is 18.2 Å². The molecule has 154 valence electrons. The second-order valence-electron chi connectivity index (χ2n) is 7.77. The van der Waals surface area contributed by atoms with Crippen LogP contribution in [0, 0.1) is 13.8 Å². The van der Waals surface area contributed by atoms with Gasteiger partial charge in [-0.3, -0.25) is 5.10 Å². The lowest BCUT2D eigenvalue weighted by Crippen LogP contribution is -2.09. The Labute approximate surface area is 180 Å². The Morgan fingerprint density at radius 3 is 2.65 bits per heavy atom. The van der Waals surface area contributed by atoms with Crippen molar-refractivity contribution in [3.63, 3.8) is 0 Å². The van der Waals surface area contributed by atoms with E-state index in [0.29, 0.717) is 0 Å². The summed E-state index contributed by atoms with van der Waals surface area (Å²) in [5.41, 5.74) is 7.10. The summed E-state index contributed by atoms with van der Waals surface area (Å²) in [7, 11) is 0. The van der Waals surface area contributed by atoms with Gasteiger partial charge in [-0.25, -0.2) is 9.97 Å². The fourth-order valence-electron chi connectivity index (χ4n) is 3.80. The van der Waals surface area contributed by atoms with Crippen LogP contribution in [0.2, 0.25) is 0 Å². The van der Waals surface area contributed by atoms with Gasteiger partial charge < -0.3 is 9.73 Å². The van der Waals surface area contributed by atoms with Gasteiger partial charge in [-0.05, 0) is 62.2 Å². The highest BCUT2D eigenvalue weighted by atomic mass is 16.3. The lowest BCUT2D eigenvalue weighted by atomic mass is 10.0. The normalized spacial score (nSPS) is 12.2. The predicted octanol–water partition coefficient (Wildman–Crippen LogP) is 6.07. The van der Waals surface area contributed by atoms with Crippen LogP contribution < -0.4 is 5.32 Å². The average molecular weight is 409 g/mol. The van der Waals surface area contributed by atoms with E-state index in [1.807, 2.05) is 44.3 Å². The molecule has 0 amide bonds. The minimum Gasteiger partial charge on any atom is -0.464 e. The zero-order valence-corrected chi connectivity index (χ0v) is 17.7. The van der Waals surface area contributed by atoms with Crippen molar-refractivity contribution in [2.45, 2.75) is 26.8 Å². The van der Waals surface area contributed by atoms with Crippen molar-refractivity contribution in [1.82, 2.24) is 20.2 Å². The van der Waals surface area contributed by atoms with E-state index in [4.69, 9.17) is 4.42 Å². The van der Waals surface area contributed by atoms with E-state index < -0.39 is 0 Å². The summed E-state index contributed by atoms with van der Waals surface area (Å²) >= 11 is 0. The summed E-state index contributed by atoms with van der Waals surface area (Å²) in [6, 6.07) is 18.6. The highest BCUT2D eigenvalue weighted by molar-refractivity contribution is 5.85. The van der Waals surface area contributed by atoms with Crippen LogP contribution in [0.5, 0.6) is 0 Å². The number of hydrogen-bond acceptors (Lipinski definition) is 5. The summed E-state index contributed by atoms with van der Waals surface area (Å²) in [5, 5.41) is 11.8. The number of benzene rings is 2. The monoisotopic (exact) mass is 409 g/mol. The highest BCUT2D eigenvalue weighted by Crippen LogP contribution is 2.29. The number of anilines is 1. The van der Waals surface area contributed by atoms with Crippen molar-refractivity contribution >= 4 is 16.8 Å². The van der Waals surface area contributed by atoms with Crippen LogP contribution in [0.15, 0.2) is 71.5 Å². The number of furan rings is 1. The minimum atomic E-state index is 0.0691. The van der Waals surface area contributed by atoms with Gasteiger partial charge in [0.1, 0.15) is 17.2 Å². The van der Waals surface area contributed by atoms with Crippen LogP contribution in [0.25, 0.3) is 33.5 Å². The van der Waals surface area contributed by atoms with Crippen LogP contribution in [0.4, 0.5) is 5.82 Å². The van der Waals surface area contributed by atoms with Crippen LogP contribution in [0.1, 0.15) is 29.9 Å². The number of nitrogens with one attached hydrogen (secondary N) is 2. The van der Waals surface area contributed by atoms with E-state index in [1.165, 1.54) is 0 Å². The van der Waals surface area contributed by atoms with Crippen LogP contribution in [0.3, 0.4) is 0 Å². The fourth-order valence-corrected chi connectivity index (χ4v) is 3.80. The average Bonchev–Trinajstić information content (AvgIpc) is 3.44. The molecule has 0 aliphatic rings. The van der Waals surface area contributed by atoms with Gasteiger partial charge in [0.25, 0.3) is 0 Å². The number of nitrogens with zero attached hydrogens (tertiary/aromatic N) is 3. The summed E-state index contributed by atoms with van der Waals surface area (Å²) in [6.45, 7) is 6.09. The van der Waals surface area contributed by atoms with Crippen molar-refractivity contribution in [1.29, 1.82) is 0 Å². The van der Waals surface area contributed by atoms with Crippen LogP contribution in [-0.4, -0.2) is 20.2 Å². The molecule has 2 N–H and O–H groups in total. The van der Waals surface area contributed by atoms with Crippen molar-refractivity contribution in [2.75, 3.05) is 5.32 Å². The van der Waals surface area contributed by atoms with Crippen molar-refractivity contribution < 1.29 is 4.42 Å². The third kappa shape index (κ3) is 3.80.